The Bertz CT molecular complexity index is 355. The van der Waals surface area contributed by atoms with Gasteiger partial charge in [-0.05, 0) is 55.0 Å². The first kappa shape index (κ1) is 14.0. The maximum Gasteiger partial charge on any atom is 0.0597 e. The summed E-state index contributed by atoms with van der Waals surface area (Å²) in [5.41, 5.74) is 4.42. The summed E-state index contributed by atoms with van der Waals surface area (Å²) in [6, 6.07) is 2.53. The van der Waals surface area contributed by atoms with Gasteiger partial charge in [0, 0.05) is 12.0 Å². The van der Waals surface area contributed by atoms with Gasteiger partial charge in [0.2, 0.25) is 0 Å². The molecule has 5 unspecified atom stereocenters. The summed E-state index contributed by atoms with van der Waals surface area (Å²) in [6.07, 6.45) is 2.78. The average Bonchev–Trinajstić information content (AvgIpc) is 2.93. The lowest BCUT2D eigenvalue weighted by Gasteiger charge is -2.28. The molecule has 0 radical (unpaired) electrons. The Labute approximate surface area is 114 Å². The SMILES string of the molecule is CC1OC(C)C(C(CCc2ccsc2)NN)C1C. The number of ether oxygens (including phenoxy) is 1. The van der Waals surface area contributed by atoms with Gasteiger partial charge in [0.15, 0.2) is 0 Å². The smallest absolute Gasteiger partial charge is 0.0597 e. The molecule has 1 aromatic rings. The van der Waals surface area contributed by atoms with E-state index in [0.717, 1.165) is 12.8 Å². The zero-order chi connectivity index (χ0) is 13.1. The molecular formula is C14H24N2OS. The predicted octanol–water partition coefficient (Wildman–Crippen LogP) is 2.57. The van der Waals surface area contributed by atoms with Crippen molar-refractivity contribution in [2.45, 2.75) is 51.9 Å². The number of thiophene rings is 1. The standard InChI is InChI=1S/C14H24N2OS/c1-9-10(2)17-11(3)14(9)13(16-15)5-4-12-6-7-18-8-12/h6-11,13-14,16H,4-5,15H2,1-3H3. The van der Waals surface area contributed by atoms with Crippen molar-refractivity contribution >= 4 is 11.3 Å². The van der Waals surface area contributed by atoms with E-state index in [1.165, 1.54) is 5.56 Å². The van der Waals surface area contributed by atoms with Gasteiger partial charge in [-0.3, -0.25) is 11.3 Å². The second kappa shape index (κ2) is 6.15. The van der Waals surface area contributed by atoms with E-state index in [0.29, 0.717) is 30.1 Å². The number of nitrogens with two attached hydrogens (primary N) is 1. The van der Waals surface area contributed by atoms with Crippen LogP contribution in [-0.2, 0) is 11.2 Å². The Balaban J connectivity index is 1.95. The van der Waals surface area contributed by atoms with Crippen LogP contribution in [0.15, 0.2) is 16.8 Å². The van der Waals surface area contributed by atoms with E-state index in [1.807, 2.05) is 0 Å². The van der Waals surface area contributed by atoms with Crippen molar-refractivity contribution in [2.75, 3.05) is 0 Å². The monoisotopic (exact) mass is 268 g/mol. The molecule has 0 bridgehead atoms. The highest BCUT2D eigenvalue weighted by atomic mass is 32.1. The molecule has 3 N–H and O–H groups in total. The molecule has 0 spiro atoms. The summed E-state index contributed by atoms with van der Waals surface area (Å²) >= 11 is 1.76. The molecule has 0 aliphatic carbocycles. The fourth-order valence-corrected chi connectivity index (χ4v) is 3.83. The van der Waals surface area contributed by atoms with E-state index in [9.17, 15) is 0 Å². The van der Waals surface area contributed by atoms with E-state index in [1.54, 1.807) is 11.3 Å². The second-order valence-electron chi connectivity index (χ2n) is 5.43. The minimum atomic E-state index is 0.290. The van der Waals surface area contributed by atoms with Gasteiger partial charge in [-0.2, -0.15) is 11.3 Å². The van der Waals surface area contributed by atoms with Crippen LogP contribution in [-0.4, -0.2) is 18.2 Å². The molecule has 1 aliphatic heterocycles. The zero-order valence-corrected chi connectivity index (χ0v) is 12.2. The minimum absolute atomic E-state index is 0.290. The van der Waals surface area contributed by atoms with E-state index in [2.05, 4.69) is 43.0 Å². The van der Waals surface area contributed by atoms with Crippen LogP contribution >= 0.6 is 11.3 Å². The van der Waals surface area contributed by atoms with E-state index in [4.69, 9.17) is 10.6 Å². The van der Waals surface area contributed by atoms with Gasteiger partial charge >= 0.3 is 0 Å². The molecule has 18 heavy (non-hydrogen) atoms. The van der Waals surface area contributed by atoms with Crippen LogP contribution in [0, 0.1) is 11.8 Å². The predicted molar refractivity (Wildman–Crippen MR) is 76.4 cm³/mol. The largest absolute Gasteiger partial charge is 0.375 e. The van der Waals surface area contributed by atoms with Gasteiger partial charge in [0.05, 0.1) is 12.2 Å². The third kappa shape index (κ3) is 2.94. The molecule has 3 nitrogen and oxygen atoms in total. The van der Waals surface area contributed by atoms with Gasteiger partial charge in [-0.15, -0.1) is 0 Å². The van der Waals surface area contributed by atoms with Crippen molar-refractivity contribution in [2.24, 2.45) is 17.7 Å². The second-order valence-corrected chi connectivity index (χ2v) is 6.21. The van der Waals surface area contributed by atoms with E-state index >= 15 is 0 Å². The Morgan fingerprint density at radius 3 is 2.67 bits per heavy atom. The van der Waals surface area contributed by atoms with Crippen molar-refractivity contribution in [1.82, 2.24) is 5.43 Å². The topological polar surface area (TPSA) is 47.3 Å². The first-order chi connectivity index (χ1) is 8.63. The Hall–Kier alpha value is -0.420. The highest BCUT2D eigenvalue weighted by Gasteiger charge is 2.41. The lowest BCUT2D eigenvalue weighted by atomic mass is 9.81. The fourth-order valence-electron chi connectivity index (χ4n) is 3.13. The Kier molecular flexibility index (Phi) is 4.78. The van der Waals surface area contributed by atoms with Gasteiger partial charge in [-0.1, -0.05) is 6.92 Å². The summed E-state index contributed by atoms with van der Waals surface area (Å²) in [5, 5.41) is 4.35. The molecular weight excluding hydrogens is 244 g/mol. The summed E-state index contributed by atoms with van der Waals surface area (Å²) < 4.78 is 5.91. The maximum absolute atomic E-state index is 5.91. The molecule has 1 aliphatic rings. The zero-order valence-electron chi connectivity index (χ0n) is 11.4. The third-order valence-corrected chi connectivity index (χ3v) is 5.05. The van der Waals surface area contributed by atoms with Crippen LogP contribution in [0.1, 0.15) is 32.8 Å². The normalized spacial score (nSPS) is 33.8. The third-order valence-electron chi connectivity index (χ3n) is 4.32. The molecule has 2 rings (SSSR count). The van der Waals surface area contributed by atoms with Crippen LogP contribution in [0.5, 0.6) is 0 Å². The van der Waals surface area contributed by atoms with Crippen molar-refractivity contribution in [1.29, 1.82) is 0 Å². The van der Waals surface area contributed by atoms with Crippen molar-refractivity contribution in [3.63, 3.8) is 0 Å². The summed E-state index contributed by atoms with van der Waals surface area (Å²) in [6.45, 7) is 6.60. The average molecular weight is 268 g/mol. The molecule has 0 saturated carbocycles. The van der Waals surface area contributed by atoms with Crippen LogP contribution in [0.25, 0.3) is 0 Å². The Morgan fingerprint density at radius 1 is 1.39 bits per heavy atom. The van der Waals surface area contributed by atoms with Gasteiger partial charge < -0.3 is 4.74 Å². The number of hydrogen-bond donors (Lipinski definition) is 2. The van der Waals surface area contributed by atoms with Crippen LogP contribution in [0.4, 0.5) is 0 Å². The van der Waals surface area contributed by atoms with Crippen LogP contribution < -0.4 is 11.3 Å². The van der Waals surface area contributed by atoms with Crippen molar-refractivity contribution in [3.8, 4) is 0 Å². The van der Waals surface area contributed by atoms with Crippen molar-refractivity contribution < 1.29 is 4.74 Å². The first-order valence-corrected chi connectivity index (χ1v) is 7.70. The van der Waals surface area contributed by atoms with Gasteiger partial charge in [0.1, 0.15) is 0 Å². The van der Waals surface area contributed by atoms with Crippen molar-refractivity contribution in [3.05, 3.63) is 22.4 Å². The number of hydrogen-bond acceptors (Lipinski definition) is 4. The summed E-state index contributed by atoms with van der Waals surface area (Å²) in [5.74, 6) is 6.82. The van der Waals surface area contributed by atoms with Crippen LogP contribution in [0.3, 0.4) is 0 Å². The molecule has 0 aromatic carbocycles. The Morgan fingerprint density at radius 2 is 2.17 bits per heavy atom. The molecule has 0 amide bonds. The van der Waals surface area contributed by atoms with E-state index in [-0.39, 0.29) is 0 Å². The molecule has 5 atom stereocenters. The molecule has 1 fully saturated rings. The molecule has 2 heterocycles. The number of hydrazine groups is 1. The molecule has 1 aromatic heterocycles. The van der Waals surface area contributed by atoms with E-state index < -0.39 is 0 Å². The molecule has 102 valence electrons. The van der Waals surface area contributed by atoms with Crippen LogP contribution in [0.2, 0.25) is 0 Å². The molecule has 1 saturated heterocycles. The highest BCUT2D eigenvalue weighted by Crippen LogP contribution is 2.35. The number of rotatable bonds is 5. The quantitative estimate of drug-likeness (QED) is 0.637. The number of aryl methyl sites for hydroxylation is 1. The minimum Gasteiger partial charge on any atom is -0.375 e. The first-order valence-electron chi connectivity index (χ1n) is 6.76. The molecule has 4 heteroatoms. The summed E-state index contributed by atoms with van der Waals surface area (Å²) in [7, 11) is 0. The lowest BCUT2D eigenvalue weighted by Crippen LogP contribution is -2.45. The fraction of sp³-hybridized carbons (Fsp3) is 0.714. The number of nitrogens with one attached hydrogen (secondary N) is 1. The highest BCUT2D eigenvalue weighted by molar-refractivity contribution is 7.07. The summed E-state index contributed by atoms with van der Waals surface area (Å²) in [4.78, 5) is 0. The van der Waals surface area contributed by atoms with Gasteiger partial charge in [0.25, 0.3) is 0 Å². The maximum atomic E-state index is 5.91. The van der Waals surface area contributed by atoms with Gasteiger partial charge in [-0.25, -0.2) is 0 Å². The lowest BCUT2D eigenvalue weighted by molar-refractivity contribution is 0.0472.